The van der Waals surface area contributed by atoms with Crippen molar-refractivity contribution in [2.45, 2.75) is 44.4 Å². The van der Waals surface area contributed by atoms with Gasteiger partial charge in [0.15, 0.2) is 0 Å². The zero-order valence-electron chi connectivity index (χ0n) is 13.6. The molecule has 0 radical (unpaired) electrons. The molecule has 2 atom stereocenters. The highest BCUT2D eigenvalue weighted by molar-refractivity contribution is 5.85. The molecule has 6 heteroatoms. The van der Waals surface area contributed by atoms with Crippen molar-refractivity contribution < 1.29 is 14.3 Å². The van der Waals surface area contributed by atoms with Gasteiger partial charge in [0, 0.05) is 31.0 Å². The van der Waals surface area contributed by atoms with Crippen LogP contribution in [0.25, 0.3) is 0 Å². The number of carbonyl (C=O) groups is 1. The van der Waals surface area contributed by atoms with Crippen molar-refractivity contribution >= 4 is 18.3 Å². The molecule has 128 valence electrons. The van der Waals surface area contributed by atoms with Crippen molar-refractivity contribution in [1.29, 1.82) is 0 Å². The van der Waals surface area contributed by atoms with Gasteiger partial charge in [-0.05, 0) is 19.9 Å². The molecule has 3 rings (SSSR count). The zero-order chi connectivity index (χ0) is 15.6. The molecule has 0 bridgehead atoms. The average Bonchev–Trinajstić information content (AvgIpc) is 2.47. The van der Waals surface area contributed by atoms with E-state index in [4.69, 9.17) is 9.47 Å². The molecule has 0 aliphatic carbocycles. The number of morpholine rings is 1. The predicted molar refractivity (Wildman–Crippen MR) is 91.1 cm³/mol. The van der Waals surface area contributed by atoms with Crippen LogP contribution in [0.2, 0.25) is 0 Å². The number of hydrogen-bond acceptors (Lipinski definition) is 4. The SMILES string of the molecule is CC1(C)CC(NC(=O)CC2COCCN2)c2ccccc2O1.Cl. The van der Waals surface area contributed by atoms with Gasteiger partial charge in [0.05, 0.1) is 19.3 Å². The maximum Gasteiger partial charge on any atom is 0.222 e. The van der Waals surface area contributed by atoms with E-state index in [0.29, 0.717) is 13.0 Å². The lowest BCUT2D eigenvalue weighted by Crippen LogP contribution is -2.46. The highest BCUT2D eigenvalue weighted by Crippen LogP contribution is 2.39. The van der Waals surface area contributed by atoms with E-state index in [2.05, 4.69) is 24.5 Å². The van der Waals surface area contributed by atoms with Gasteiger partial charge in [-0.3, -0.25) is 4.79 Å². The Labute approximate surface area is 143 Å². The molecule has 2 N–H and O–H groups in total. The van der Waals surface area contributed by atoms with Crippen LogP contribution < -0.4 is 15.4 Å². The molecule has 0 spiro atoms. The minimum absolute atomic E-state index is 0. The highest BCUT2D eigenvalue weighted by atomic mass is 35.5. The number of rotatable bonds is 3. The summed E-state index contributed by atoms with van der Waals surface area (Å²) in [6, 6.07) is 8.04. The summed E-state index contributed by atoms with van der Waals surface area (Å²) in [7, 11) is 0. The van der Waals surface area contributed by atoms with Crippen LogP contribution in [0.4, 0.5) is 0 Å². The van der Waals surface area contributed by atoms with Gasteiger partial charge in [-0.15, -0.1) is 12.4 Å². The Hall–Kier alpha value is -1.30. The second-order valence-electron chi connectivity index (χ2n) is 6.65. The van der Waals surface area contributed by atoms with Crippen LogP contribution >= 0.6 is 12.4 Å². The monoisotopic (exact) mass is 340 g/mol. The van der Waals surface area contributed by atoms with Gasteiger partial charge in [0.2, 0.25) is 5.91 Å². The second-order valence-corrected chi connectivity index (χ2v) is 6.65. The molecule has 0 aromatic heterocycles. The highest BCUT2D eigenvalue weighted by Gasteiger charge is 2.34. The van der Waals surface area contributed by atoms with E-state index < -0.39 is 0 Å². The van der Waals surface area contributed by atoms with Crippen LogP contribution in [0, 0.1) is 0 Å². The standard InChI is InChI=1S/C17H24N2O3.ClH/c1-17(2)10-14(13-5-3-4-6-15(13)22-17)19-16(20)9-12-11-21-8-7-18-12;/h3-6,12,14,18H,7-11H2,1-2H3,(H,19,20);1H. The van der Waals surface area contributed by atoms with Crippen molar-refractivity contribution in [2.75, 3.05) is 19.8 Å². The molecule has 5 nitrogen and oxygen atoms in total. The lowest BCUT2D eigenvalue weighted by Gasteiger charge is -2.38. The summed E-state index contributed by atoms with van der Waals surface area (Å²) < 4.78 is 11.4. The third kappa shape index (κ3) is 4.59. The fourth-order valence-corrected chi connectivity index (χ4v) is 3.16. The third-order valence-corrected chi connectivity index (χ3v) is 4.14. The van der Waals surface area contributed by atoms with Crippen molar-refractivity contribution in [1.82, 2.24) is 10.6 Å². The number of carbonyl (C=O) groups excluding carboxylic acids is 1. The summed E-state index contributed by atoms with van der Waals surface area (Å²) in [5.74, 6) is 0.920. The lowest BCUT2D eigenvalue weighted by atomic mass is 9.89. The van der Waals surface area contributed by atoms with Gasteiger partial charge in [-0.25, -0.2) is 0 Å². The Bertz CT molecular complexity index is 544. The molecule has 2 aliphatic heterocycles. The van der Waals surface area contributed by atoms with E-state index in [1.165, 1.54) is 0 Å². The fourth-order valence-electron chi connectivity index (χ4n) is 3.16. The normalized spacial score (nSPS) is 25.5. The van der Waals surface area contributed by atoms with E-state index in [0.717, 1.165) is 30.9 Å². The van der Waals surface area contributed by atoms with Crippen LogP contribution in [0.3, 0.4) is 0 Å². The molecule has 23 heavy (non-hydrogen) atoms. The van der Waals surface area contributed by atoms with E-state index >= 15 is 0 Å². The molecule has 1 aromatic rings. The first kappa shape index (κ1) is 18.0. The van der Waals surface area contributed by atoms with Crippen LogP contribution in [0.15, 0.2) is 24.3 Å². The summed E-state index contributed by atoms with van der Waals surface area (Å²) in [5, 5.41) is 6.48. The molecular weight excluding hydrogens is 316 g/mol. The van der Waals surface area contributed by atoms with Gasteiger partial charge in [-0.1, -0.05) is 18.2 Å². The van der Waals surface area contributed by atoms with Crippen molar-refractivity contribution in [2.24, 2.45) is 0 Å². The molecule has 2 heterocycles. The number of benzene rings is 1. The van der Waals surface area contributed by atoms with Crippen LogP contribution in [0.5, 0.6) is 5.75 Å². The van der Waals surface area contributed by atoms with Gasteiger partial charge < -0.3 is 20.1 Å². The summed E-state index contributed by atoms with van der Waals surface area (Å²) in [4.78, 5) is 12.4. The van der Waals surface area contributed by atoms with E-state index in [9.17, 15) is 4.79 Å². The zero-order valence-corrected chi connectivity index (χ0v) is 14.4. The van der Waals surface area contributed by atoms with Gasteiger partial charge in [0.1, 0.15) is 11.4 Å². The number of amides is 1. The van der Waals surface area contributed by atoms with Crippen LogP contribution in [-0.4, -0.2) is 37.3 Å². The number of para-hydroxylation sites is 1. The average molecular weight is 341 g/mol. The second kappa shape index (κ2) is 7.51. The number of hydrogen-bond donors (Lipinski definition) is 2. The van der Waals surface area contributed by atoms with E-state index in [1.54, 1.807) is 0 Å². The maximum atomic E-state index is 12.4. The molecule has 1 saturated heterocycles. The first-order chi connectivity index (χ1) is 10.5. The Morgan fingerprint density at radius 1 is 1.39 bits per heavy atom. The quantitative estimate of drug-likeness (QED) is 0.885. The van der Waals surface area contributed by atoms with Gasteiger partial charge in [-0.2, -0.15) is 0 Å². The predicted octanol–water partition coefficient (Wildman–Crippen LogP) is 2.21. The Kier molecular flexibility index (Phi) is 5.89. The molecule has 1 fully saturated rings. The van der Waals surface area contributed by atoms with E-state index in [1.807, 2.05) is 24.3 Å². The molecule has 2 unspecified atom stereocenters. The van der Waals surface area contributed by atoms with Gasteiger partial charge >= 0.3 is 0 Å². The number of halogens is 1. The number of ether oxygens (including phenoxy) is 2. The number of nitrogens with one attached hydrogen (secondary N) is 2. The Morgan fingerprint density at radius 3 is 2.91 bits per heavy atom. The maximum absolute atomic E-state index is 12.4. The Morgan fingerprint density at radius 2 is 2.17 bits per heavy atom. The number of fused-ring (bicyclic) bond motifs is 1. The summed E-state index contributed by atoms with van der Waals surface area (Å²) in [6.07, 6.45) is 1.21. The Balaban J connectivity index is 0.00000192. The van der Waals surface area contributed by atoms with Crippen molar-refractivity contribution in [3.8, 4) is 5.75 Å². The first-order valence-corrected chi connectivity index (χ1v) is 7.92. The lowest BCUT2D eigenvalue weighted by molar-refractivity contribution is -0.123. The largest absolute Gasteiger partial charge is 0.487 e. The van der Waals surface area contributed by atoms with E-state index in [-0.39, 0.29) is 36.0 Å². The summed E-state index contributed by atoms with van der Waals surface area (Å²) in [5.41, 5.74) is 0.779. The molecule has 2 aliphatic rings. The van der Waals surface area contributed by atoms with Crippen LogP contribution in [-0.2, 0) is 9.53 Å². The molecule has 1 aromatic carbocycles. The minimum Gasteiger partial charge on any atom is -0.487 e. The fraction of sp³-hybridized carbons (Fsp3) is 0.588. The van der Waals surface area contributed by atoms with Crippen molar-refractivity contribution in [3.05, 3.63) is 29.8 Å². The molecule has 1 amide bonds. The first-order valence-electron chi connectivity index (χ1n) is 7.92. The molecular formula is C17H25ClN2O3. The minimum atomic E-state index is -0.279. The van der Waals surface area contributed by atoms with Crippen LogP contribution in [0.1, 0.15) is 38.3 Å². The summed E-state index contributed by atoms with van der Waals surface area (Å²) in [6.45, 7) is 6.24. The smallest absolute Gasteiger partial charge is 0.222 e. The molecule has 0 saturated carbocycles. The third-order valence-electron chi connectivity index (χ3n) is 4.14. The van der Waals surface area contributed by atoms with Gasteiger partial charge in [0.25, 0.3) is 0 Å². The summed E-state index contributed by atoms with van der Waals surface area (Å²) >= 11 is 0. The van der Waals surface area contributed by atoms with Crippen molar-refractivity contribution in [3.63, 3.8) is 0 Å². The topological polar surface area (TPSA) is 59.6 Å².